The molecule has 0 fully saturated rings. The summed E-state index contributed by atoms with van der Waals surface area (Å²) in [7, 11) is 0. The van der Waals surface area contributed by atoms with E-state index >= 15 is 0 Å². The molecule has 0 saturated carbocycles. The van der Waals surface area contributed by atoms with Crippen molar-refractivity contribution >= 4 is 29.1 Å². The minimum Gasteiger partial charge on any atom is -0.506 e. The lowest BCUT2D eigenvalue weighted by atomic mass is 10.0. The number of halogens is 1. The van der Waals surface area contributed by atoms with Gasteiger partial charge in [0.25, 0.3) is 6.17 Å². The highest BCUT2D eigenvalue weighted by Crippen LogP contribution is 2.36. The molecule has 8 heteroatoms. The maximum Gasteiger partial charge on any atom is 0.325 e. The van der Waals surface area contributed by atoms with Crippen molar-refractivity contribution in [3.63, 3.8) is 0 Å². The Morgan fingerprint density at radius 3 is 2.93 bits per heavy atom. The van der Waals surface area contributed by atoms with Gasteiger partial charge in [-0.2, -0.15) is 0 Å². The predicted molar refractivity (Wildman–Crippen MR) is 106 cm³/mol. The summed E-state index contributed by atoms with van der Waals surface area (Å²) in [4.78, 5) is 15.7. The highest BCUT2D eigenvalue weighted by atomic mass is 35.5. The van der Waals surface area contributed by atoms with Crippen molar-refractivity contribution in [2.24, 2.45) is 0 Å². The molecule has 1 aliphatic rings. The zero-order valence-corrected chi connectivity index (χ0v) is 15.7. The average Bonchev–Trinajstić information content (AvgIpc) is 2.67. The minimum atomic E-state index is -0.542. The highest BCUT2D eigenvalue weighted by Gasteiger charge is 2.38. The number of phenolic OH excluding ortho intramolecular Hbond substituents is 1. The maximum atomic E-state index is 12.9. The predicted octanol–water partition coefficient (Wildman–Crippen LogP) is 3.33. The van der Waals surface area contributed by atoms with E-state index in [1.54, 1.807) is 22.9 Å². The first-order chi connectivity index (χ1) is 13.1. The van der Waals surface area contributed by atoms with Crippen LogP contribution in [0, 0.1) is 0 Å². The second kappa shape index (κ2) is 7.09. The fraction of sp³-hybridized carbons (Fsp3) is 0.105. The Hall–Kier alpha value is -2.77. The van der Waals surface area contributed by atoms with Crippen molar-refractivity contribution in [3.8, 4) is 17.0 Å². The van der Waals surface area contributed by atoms with E-state index in [1.165, 1.54) is 17.8 Å². The molecule has 3 aromatic rings. The number of aromatic amines is 1. The molecule has 0 amide bonds. The zero-order valence-electron chi connectivity index (χ0n) is 14.1. The number of fused-ring (bicyclic) bond motifs is 3. The molecule has 6 nitrogen and oxygen atoms in total. The molecule has 136 valence electrons. The van der Waals surface area contributed by atoms with Crippen LogP contribution < -0.4 is 15.6 Å². The standard InChI is InChI=1S/C19H15ClN4O2S/c1-2-10-27-19-22-18(26)16-11-6-3-4-8-13(11)21-17(24(16)23-19)12-7-5-9-14(25)15(12)20/h2-9,17H,1,10H2,(H2,22,23,25,26)/p+1/t17-/m1/s1. The van der Waals surface area contributed by atoms with Crippen molar-refractivity contribution in [1.29, 1.82) is 0 Å². The number of anilines is 1. The van der Waals surface area contributed by atoms with E-state index in [2.05, 4.69) is 22.0 Å². The van der Waals surface area contributed by atoms with Crippen molar-refractivity contribution < 1.29 is 9.79 Å². The van der Waals surface area contributed by atoms with Crippen LogP contribution in [0.15, 0.2) is 65.1 Å². The minimum absolute atomic E-state index is 0.0249. The molecular formula is C19H16ClN4O2S+. The molecule has 3 N–H and O–H groups in total. The molecule has 1 aromatic heterocycles. The second-order valence-electron chi connectivity index (χ2n) is 5.92. The Balaban J connectivity index is 1.96. The Bertz CT molecular complexity index is 1100. The van der Waals surface area contributed by atoms with E-state index in [0.717, 1.165) is 11.3 Å². The van der Waals surface area contributed by atoms with Gasteiger partial charge in [0.05, 0.1) is 21.8 Å². The van der Waals surface area contributed by atoms with Crippen molar-refractivity contribution in [2.45, 2.75) is 11.3 Å². The third-order valence-electron chi connectivity index (χ3n) is 4.22. The number of phenols is 1. The van der Waals surface area contributed by atoms with Gasteiger partial charge >= 0.3 is 11.3 Å². The van der Waals surface area contributed by atoms with Crippen LogP contribution in [0.2, 0.25) is 5.02 Å². The lowest BCUT2D eigenvalue weighted by Gasteiger charge is -2.23. The van der Waals surface area contributed by atoms with Gasteiger partial charge in [0.15, 0.2) is 0 Å². The van der Waals surface area contributed by atoms with Crippen LogP contribution in [0.1, 0.15) is 11.7 Å². The largest absolute Gasteiger partial charge is 0.506 e. The summed E-state index contributed by atoms with van der Waals surface area (Å²) in [5, 5.41) is 18.7. The van der Waals surface area contributed by atoms with E-state index in [-0.39, 0.29) is 16.3 Å². The summed E-state index contributed by atoms with van der Waals surface area (Å²) in [5.74, 6) is 0.590. The van der Waals surface area contributed by atoms with Crippen LogP contribution in [0.4, 0.5) is 5.69 Å². The fourth-order valence-corrected chi connectivity index (χ4v) is 3.87. The highest BCUT2D eigenvalue weighted by molar-refractivity contribution is 7.99. The summed E-state index contributed by atoms with van der Waals surface area (Å²) in [5.41, 5.74) is 2.35. The fourth-order valence-electron chi connectivity index (χ4n) is 3.05. The van der Waals surface area contributed by atoms with Crippen LogP contribution in [0.5, 0.6) is 5.75 Å². The van der Waals surface area contributed by atoms with E-state index in [1.807, 2.05) is 24.3 Å². The van der Waals surface area contributed by atoms with Gasteiger partial charge in [-0.25, -0.2) is 0 Å². The third-order valence-corrected chi connectivity index (χ3v) is 5.49. The summed E-state index contributed by atoms with van der Waals surface area (Å²) >= 11 is 7.73. The molecule has 1 atom stereocenters. The number of aromatic hydroxyl groups is 1. The van der Waals surface area contributed by atoms with Crippen LogP contribution in [0.3, 0.4) is 0 Å². The van der Waals surface area contributed by atoms with Gasteiger partial charge in [-0.15, -0.1) is 6.58 Å². The number of para-hydroxylation sites is 1. The zero-order chi connectivity index (χ0) is 19.0. The Morgan fingerprint density at radius 1 is 1.30 bits per heavy atom. The molecule has 0 bridgehead atoms. The Morgan fingerprint density at radius 2 is 2.11 bits per heavy atom. The number of H-pyrrole nitrogens is 1. The van der Waals surface area contributed by atoms with Crippen molar-refractivity contribution in [2.75, 3.05) is 11.1 Å². The van der Waals surface area contributed by atoms with Crippen LogP contribution in [-0.2, 0) is 0 Å². The van der Waals surface area contributed by atoms with Gasteiger partial charge in [0.1, 0.15) is 5.75 Å². The van der Waals surface area contributed by atoms with Crippen molar-refractivity contribution in [3.05, 3.63) is 76.1 Å². The van der Waals surface area contributed by atoms with E-state index < -0.39 is 6.17 Å². The number of hydrogen-bond acceptors (Lipinski definition) is 5. The lowest BCUT2D eigenvalue weighted by Crippen LogP contribution is -2.55. The molecule has 0 aliphatic carbocycles. The maximum absolute atomic E-state index is 12.9. The number of aromatic nitrogens is 3. The first kappa shape index (κ1) is 17.6. The topological polar surface area (TPSA) is 81.9 Å². The van der Waals surface area contributed by atoms with E-state index in [4.69, 9.17) is 11.6 Å². The number of hydrogen-bond donors (Lipinski definition) is 3. The molecule has 27 heavy (non-hydrogen) atoms. The van der Waals surface area contributed by atoms with Gasteiger partial charge in [-0.1, -0.05) is 47.6 Å². The normalized spacial score (nSPS) is 14.8. The van der Waals surface area contributed by atoms with Crippen molar-refractivity contribution in [1.82, 2.24) is 10.1 Å². The smallest absolute Gasteiger partial charge is 0.325 e. The molecule has 1 aliphatic heterocycles. The molecular weight excluding hydrogens is 384 g/mol. The number of nitrogens with zero attached hydrogens (tertiary/aromatic N) is 2. The second-order valence-corrected chi connectivity index (χ2v) is 7.31. The molecule has 0 saturated heterocycles. The molecule has 2 heterocycles. The first-order valence-electron chi connectivity index (χ1n) is 8.23. The summed E-state index contributed by atoms with van der Waals surface area (Å²) in [6.45, 7) is 3.69. The monoisotopic (exact) mass is 399 g/mol. The summed E-state index contributed by atoms with van der Waals surface area (Å²) in [6, 6.07) is 12.5. The van der Waals surface area contributed by atoms with Crippen LogP contribution in [-0.4, -0.2) is 20.9 Å². The summed E-state index contributed by atoms with van der Waals surface area (Å²) in [6.07, 6.45) is 1.20. The Labute approximate surface area is 164 Å². The molecule has 0 radical (unpaired) electrons. The van der Waals surface area contributed by atoms with Gasteiger partial charge in [0.2, 0.25) is 5.16 Å². The lowest BCUT2D eigenvalue weighted by molar-refractivity contribution is -0.759. The molecule has 0 unspecified atom stereocenters. The number of thioether (sulfide) groups is 1. The molecule has 4 rings (SSSR count). The van der Waals surface area contributed by atoms with Crippen LogP contribution in [0.25, 0.3) is 11.3 Å². The number of benzene rings is 2. The summed E-state index contributed by atoms with van der Waals surface area (Å²) < 4.78 is 1.62. The van der Waals surface area contributed by atoms with Gasteiger partial charge < -0.3 is 10.4 Å². The first-order valence-corrected chi connectivity index (χ1v) is 9.59. The van der Waals surface area contributed by atoms with Gasteiger partial charge in [0, 0.05) is 10.9 Å². The van der Waals surface area contributed by atoms with Gasteiger partial charge in [-0.05, 0) is 28.9 Å². The average molecular weight is 400 g/mol. The van der Waals surface area contributed by atoms with Crippen LogP contribution >= 0.6 is 23.4 Å². The van der Waals surface area contributed by atoms with E-state index in [0.29, 0.717) is 22.2 Å². The number of rotatable bonds is 4. The third kappa shape index (κ3) is 3.09. The van der Waals surface area contributed by atoms with E-state index in [9.17, 15) is 9.90 Å². The number of nitrogens with one attached hydrogen (secondary N) is 2. The molecule has 0 spiro atoms. The Kier molecular flexibility index (Phi) is 4.63. The molecule has 2 aromatic carbocycles. The quantitative estimate of drug-likeness (QED) is 0.356. The SMILES string of the molecule is C=CCSc1n[n+]2c(c(=O)[nH]1)-c1ccccc1N[C@H]2c1cccc(O)c1Cl. The van der Waals surface area contributed by atoms with Gasteiger partial charge in [-0.3, -0.25) is 9.78 Å².